The molecule has 0 saturated carbocycles. The van der Waals surface area contributed by atoms with E-state index in [-0.39, 0.29) is 18.2 Å². The van der Waals surface area contributed by atoms with Crippen molar-refractivity contribution in [2.45, 2.75) is 26.3 Å². The number of anilines is 1. The summed E-state index contributed by atoms with van der Waals surface area (Å²) < 4.78 is 6.15. The second-order valence-electron chi connectivity index (χ2n) is 7.12. The van der Waals surface area contributed by atoms with Gasteiger partial charge >= 0.3 is 5.88 Å². The van der Waals surface area contributed by atoms with E-state index >= 15 is 0 Å². The van der Waals surface area contributed by atoms with Crippen LogP contribution in [0.25, 0.3) is 10.2 Å². The monoisotopic (exact) mass is 421 g/mol. The molecule has 30 heavy (non-hydrogen) atoms. The fourth-order valence-electron chi connectivity index (χ4n) is 3.21. The maximum absolute atomic E-state index is 13.3. The van der Waals surface area contributed by atoms with Crippen molar-refractivity contribution in [1.29, 1.82) is 0 Å². The van der Waals surface area contributed by atoms with Gasteiger partial charge < -0.3 is 4.42 Å². The summed E-state index contributed by atoms with van der Waals surface area (Å²) >= 11 is 1.41. The highest BCUT2D eigenvalue weighted by atomic mass is 32.1. The van der Waals surface area contributed by atoms with E-state index in [1.165, 1.54) is 28.4 Å². The average molecular weight is 421 g/mol. The van der Waals surface area contributed by atoms with Crippen LogP contribution in [-0.2, 0) is 6.54 Å². The molecule has 0 aliphatic rings. The Bertz CT molecular complexity index is 1210. The van der Waals surface area contributed by atoms with Gasteiger partial charge in [-0.3, -0.25) is 19.8 Å². The summed E-state index contributed by atoms with van der Waals surface area (Å²) in [5.74, 6) is -0.753. The van der Waals surface area contributed by atoms with Gasteiger partial charge in [-0.25, -0.2) is 4.98 Å². The Morgan fingerprint density at radius 2 is 1.90 bits per heavy atom. The SMILES string of the molecule is CC(C)c1cccc2sc(N(Cc3ccccc3)C(=O)c3ccc([N+](=O)[O-])o3)nc12. The number of hydrogen-bond donors (Lipinski definition) is 0. The number of carbonyl (C=O) groups excluding carboxylic acids is 1. The molecule has 0 aliphatic carbocycles. The number of aromatic nitrogens is 1. The zero-order valence-corrected chi connectivity index (χ0v) is 17.3. The third kappa shape index (κ3) is 3.81. The van der Waals surface area contributed by atoms with Crippen LogP contribution in [0.2, 0.25) is 0 Å². The molecule has 152 valence electrons. The number of fused-ring (bicyclic) bond motifs is 1. The molecular formula is C22H19N3O4S. The van der Waals surface area contributed by atoms with E-state index in [1.54, 1.807) is 0 Å². The summed E-state index contributed by atoms with van der Waals surface area (Å²) in [6.45, 7) is 4.47. The molecule has 0 N–H and O–H groups in total. The number of thiazole rings is 1. The number of amides is 1. The van der Waals surface area contributed by atoms with Crippen molar-refractivity contribution in [2.75, 3.05) is 4.90 Å². The van der Waals surface area contributed by atoms with Crippen molar-refractivity contribution in [3.63, 3.8) is 0 Å². The second-order valence-corrected chi connectivity index (χ2v) is 8.13. The van der Waals surface area contributed by atoms with Gasteiger partial charge in [0.1, 0.15) is 4.92 Å². The molecule has 0 atom stereocenters. The van der Waals surface area contributed by atoms with E-state index in [0.29, 0.717) is 5.13 Å². The average Bonchev–Trinajstić information content (AvgIpc) is 3.39. The van der Waals surface area contributed by atoms with E-state index in [4.69, 9.17) is 9.40 Å². The molecule has 8 heteroatoms. The minimum atomic E-state index is -0.662. The Hall–Kier alpha value is -3.52. The lowest BCUT2D eigenvalue weighted by Crippen LogP contribution is -2.30. The summed E-state index contributed by atoms with van der Waals surface area (Å²) in [6, 6.07) is 18.0. The van der Waals surface area contributed by atoms with E-state index in [0.717, 1.165) is 21.3 Å². The van der Waals surface area contributed by atoms with E-state index < -0.39 is 16.7 Å². The number of rotatable bonds is 6. The first kappa shape index (κ1) is 19.8. The van der Waals surface area contributed by atoms with Crippen molar-refractivity contribution in [1.82, 2.24) is 4.98 Å². The molecule has 0 spiro atoms. The number of para-hydroxylation sites is 1. The highest BCUT2D eigenvalue weighted by molar-refractivity contribution is 7.22. The van der Waals surface area contributed by atoms with Crippen molar-refractivity contribution < 1.29 is 14.1 Å². The molecule has 0 fully saturated rings. The molecule has 0 saturated heterocycles. The molecule has 7 nitrogen and oxygen atoms in total. The predicted octanol–water partition coefficient (Wildman–Crippen LogP) is 5.77. The van der Waals surface area contributed by atoms with Gasteiger partial charge in [-0.15, -0.1) is 0 Å². The van der Waals surface area contributed by atoms with E-state index in [1.807, 2.05) is 48.5 Å². The van der Waals surface area contributed by atoms with Crippen LogP contribution in [-0.4, -0.2) is 15.8 Å². The van der Waals surface area contributed by atoms with Crippen molar-refractivity contribution in [2.24, 2.45) is 0 Å². The summed E-state index contributed by atoms with van der Waals surface area (Å²) in [6.07, 6.45) is 0. The van der Waals surface area contributed by atoms with Crippen LogP contribution in [0, 0.1) is 10.1 Å². The number of nitrogens with zero attached hydrogens (tertiary/aromatic N) is 3. The molecule has 0 bridgehead atoms. The van der Waals surface area contributed by atoms with Crippen LogP contribution >= 0.6 is 11.3 Å². The van der Waals surface area contributed by atoms with Crippen molar-refractivity contribution >= 4 is 38.5 Å². The smallest absolute Gasteiger partial charge is 0.395 e. The normalized spacial score (nSPS) is 11.2. The first-order valence-corrected chi connectivity index (χ1v) is 10.2. The number of nitro groups is 1. The second kappa shape index (κ2) is 8.08. The topological polar surface area (TPSA) is 89.5 Å². The van der Waals surface area contributed by atoms with Gasteiger partial charge in [0.05, 0.1) is 22.8 Å². The van der Waals surface area contributed by atoms with Gasteiger partial charge in [-0.2, -0.15) is 0 Å². The third-order valence-corrected chi connectivity index (χ3v) is 5.75. The lowest BCUT2D eigenvalue weighted by Gasteiger charge is -2.18. The Kier molecular flexibility index (Phi) is 5.33. The lowest BCUT2D eigenvalue weighted by molar-refractivity contribution is -0.402. The number of carbonyl (C=O) groups is 1. The fourth-order valence-corrected chi connectivity index (χ4v) is 4.20. The Labute approximate surface area is 176 Å². The largest absolute Gasteiger partial charge is 0.433 e. The summed E-state index contributed by atoms with van der Waals surface area (Å²) in [5, 5.41) is 11.5. The highest BCUT2D eigenvalue weighted by Crippen LogP contribution is 2.35. The first-order valence-electron chi connectivity index (χ1n) is 9.43. The molecule has 0 unspecified atom stereocenters. The van der Waals surface area contributed by atoms with Crippen LogP contribution < -0.4 is 4.90 Å². The maximum Gasteiger partial charge on any atom is 0.433 e. The highest BCUT2D eigenvalue weighted by Gasteiger charge is 2.27. The quantitative estimate of drug-likeness (QED) is 0.291. The third-order valence-electron chi connectivity index (χ3n) is 4.70. The van der Waals surface area contributed by atoms with Gasteiger partial charge in [0.15, 0.2) is 10.9 Å². The summed E-state index contributed by atoms with van der Waals surface area (Å²) in [7, 11) is 0. The molecule has 2 heterocycles. The minimum absolute atomic E-state index is 0.0963. The Morgan fingerprint density at radius 3 is 2.57 bits per heavy atom. The maximum atomic E-state index is 13.3. The van der Waals surface area contributed by atoms with Crippen molar-refractivity contribution in [3.05, 3.63) is 87.7 Å². The Morgan fingerprint density at radius 1 is 1.13 bits per heavy atom. The zero-order chi connectivity index (χ0) is 21.3. The molecule has 2 aromatic heterocycles. The van der Waals surface area contributed by atoms with Crippen LogP contribution in [0.15, 0.2) is 65.1 Å². The van der Waals surface area contributed by atoms with E-state index in [2.05, 4.69) is 13.8 Å². The molecular weight excluding hydrogens is 402 g/mol. The van der Waals surface area contributed by atoms with E-state index in [9.17, 15) is 14.9 Å². The number of benzene rings is 2. The summed E-state index contributed by atoms with van der Waals surface area (Å²) in [5.41, 5.74) is 2.88. The standard InChI is InChI=1S/C22H19N3O4S/c1-14(2)16-9-6-10-18-20(16)23-22(30-18)24(13-15-7-4-3-5-8-15)21(26)17-11-12-19(29-17)25(27)28/h3-12,14H,13H2,1-2H3. The molecule has 0 radical (unpaired) electrons. The minimum Gasteiger partial charge on any atom is -0.395 e. The zero-order valence-electron chi connectivity index (χ0n) is 16.4. The Balaban J connectivity index is 1.78. The van der Waals surface area contributed by atoms with Gasteiger partial charge in [-0.05, 0) is 29.2 Å². The summed E-state index contributed by atoms with van der Waals surface area (Å²) in [4.78, 5) is 29.8. The van der Waals surface area contributed by atoms with Gasteiger partial charge in [0.25, 0.3) is 5.91 Å². The number of hydrogen-bond acceptors (Lipinski definition) is 6. The first-order chi connectivity index (χ1) is 14.4. The van der Waals surface area contributed by atoms with Gasteiger partial charge in [0, 0.05) is 0 Å². The molecule has 4 rings (SSSR count). The van der Waals surface area contributed by atoms with Crippen LogP contribution in [0.1, 0.15) is 41.4 Å². The lowest BCUT2D eigenvalue weighted by atomic mass is 10.0. The van der Waals surface area contributed by atoms with Crippen molar-refractivity contribution in [3.8, 4) is 0 Å². The fraction of sp³-hybridized carbons (Fsp3) is 0.182. The number of furan rings is 1. The molecule has 1 amide bonds. The molecule has 0 aliphatic heterocycles. The van der Waals surface area contributed by atoms with Gasteiger partial charge in [-0.1, -0.05) is 67.6 Å². The van der Waals surface area contributed by atoms with Crippen LogP contribution in [0.4, 0.5) is 11.0 Å². The molecule has 4 aromatic rings. The molecule has 2 aromatic carbocycles. The van der Waals surface area contributed by atoms with Crippen LogP contribution in [0.5, 0.6) is 0 Å². The van der Waals surface area contributed by atoms with Crippen LogP contribution in [0.3, 0.4) is 0 Å². The predicted molar refractivity (Wildman–Crippen MR) is 116 cm³/mol. The van der Waals surface area contributed by atoms with Gasteiger partial charge in [0.2, 0.25) is 0 Å².